The molecular weight excluding hydrogens is 212 g/mol. The summed E-state index contributed by atoms with van der Waals surface area (Å²) < 4.78 is 0. The number of aliphatic carboxylic acids is 1. The standard InChI is InChI=1S/C10H20N2O4/c1-3-10(2,6-11)9(16)12-7(4-5-13)8(14)15/h7,13H,3-6,11H2,1-2H3,(H,12,16)(H,14,15)/t7-,10?/m0/s1. The Bertz CT molecular complexity index is 251. The number of carboxylic acids is 1. The Morgan fingerprint density at radius 2 is 2.06 bits per heavy atom. The molecule has 0 saturated heterocycles. The van der Waals surface area contributed by atoms with Crippen molar-refractivity contribution in [2.24, 2.45) is 11.1 Å². The van der Waals surface area contributed by atoms with Crippen molar-refractivity contribution in [1.82, 2.24) is 5.32 Å². The Labute approximate surface area is 94.8 Å². The van der Waals surface area contributed by atoms with Gasteiger partial charge in [0.1, 0.15) is 6.04 Å². The Balaban J connectivity index is 4.56. The molecule has 0 aromatic rings. The Morgan fingerprint density at radius 3 is 2.38 bits per heavy atom. The Hall–Kier alpha value is -1.14. The Morgan fingerprint density at radius 1 is 1.50 bits per heavy atom. The van der Waals surface area contributed by atoms with E-state index in [1.807, 2.05) is 6.92 Å². The third kappa shape index (κ3) is 3.79. The first kappa shape index (κ1) is 14.9. The van der Waals surface area contributed by atoms with Crippen molar-refractivity contribution >= 4 is 11.9 Å². The van der Waals surface area contributed by atoms with Gasteiger partial charge in [0.2, 0.25) is 5.91 Å². The zero-order chi connectivity index (χ0) is 12.8. The summed E-state index contributed by atoms with van der Waals surface area (Å²) >= 11 is 0. The number of amides is 1. The third-order valence-corrected chi connectivity index (χ3v) is 2.80. The fourth-order valence-electron chi connectivity index (χ4n) is 1.12. The lowest BCUT2D eigenvalue weighted by Crippen LogP contribution is -2.50. The van der Waals surface area contributed by atoms with E-state index in [4.69, 9.17) is 15.9 Å². The number of hydrogen-bond acceptors (Lipinski definition) is 4. The molecule has 0 aliphatic carbocycles. The van der Waals surface area contributed by atoms with E-state index in [0.717, 1.165) is 0 Å². The zero-order valence-electron chi connectivity index (χ0n) is 9.69. The number of hydrogen-bond donors (Lipinski definition) is 4. The van der Waals surface area contributed by atoms with Gasteiger partial charge in [0, 0.05) is 19.6 Å². The molecule has 6 nitrogen and oxygen atoms in total. The van der Waals surface area contributed by atoms with Crippen molar-refractivity contribution in [3.63, 3.8) is 0 Å². The van der Waals surface area contributed by atoms with Gasteiger partial charge in [-0.05, 0) is 13.3 Å². The molecule has 0 heterocycles. The molecule has 1 amide bonds. The van der Waals surface area contributed by atoms with Crippen molar-refractivity contribution in [3.05, 3.63) is 0 Å². The molecule has 0 rings (SSSR count). The highest BCUT2D eigenvalue weighted by atomic mass is 16.4. The van der Waals surface area contributed by atoms with Crippen LogP contribution in [-0.4, -0.2) is 41.3 Å². The van der Waals surface area contributed by atoms with Gasteiger partial charge in [-0.25, -0.2) is 4.79 Å². The average molecular weight is 232 g/mol. The molecule has 0 aliphatic rings. The van der Waals surface area contributed by atoms with Crippen LogP contribution in [0.25, 0.3) is 0 Å². The van der Waals surface area contributed by atoms with Crippen LogP contribution in [0.2, 0.25) is 0 Å². The molecule has 0 bridgehead atoms. The summed E-state index contributed by atoms with van der Waals surface area (Å²) in [6, 6.07) is -1.06. The second-order valence-corrected chi connectivity index (χ2v) is 3.99. The van der Waals surface area contributed by atoms with Crippen LogP contribution in [0, 0.1) is 5.41 Å². The minimum absolute atomic E-state index is 0.00849. The minimum Gasteiger partial charge on any atom is -0.480 e. The fraction of sp³-hybridized carbons (Fsp3) is 0.800. The molecule has 0 aliphatic heterocycles. The average Bonchev–Trinajstić information content (AvgIpc) is 2.26. The first-order chi connectivity index (χ1) is 7.41. The number of aliphatic hydroxyl groups is 1. The number of aliphatic hydroxyl groups excluding tert-OH is 1. The molecule has 0 fully saturated rings. The smallest absolute Gasteiger partial charge is 0.326 e. The topological polar surface area (TPSA) is 113 Å². The van der Waals surface area contributed by atoms with E-state index in [1.54, 1.807) is 6.92 Å². The zero-order valence-corrected chi connectivity index (χ0v) is 9.69. The quantitative estimate of drug-likeness (QED) is 0.464. The van der Waals surface area contributed by atoms with Crippen LogP contribution in [0.15, 0.2) is 0 Å². The van der Waals surface area contributed by atoms with Gasteiger partial charge >= 0.3 is 5.97 Å². The van der Waals surface area contributed by atoms with Crippen LogP contribution in [0.1, 0.15) is 26.7 Å². The van der Waals surface area contributed by atoms with Crippen molar-refractivity contribution in [3.8, 4) is 0 Å². The molecule has 2 atom stereocenters. The molecule has 1 unspecified atom stereocenters. The molecule has 0 spiro atoms. The van der Waals surface area contributed by atoms with Crippen LogP contribution < -0.4 is 11.1 Å². The molecule has 0 aromatic carbocycles. The largest absolute Gasteiger partial charge is 0.480 e. The van der Waals surface area contributed by atoms with Crippen LogP contribution >= 0.6 is 0 Å². The molecule has 94 valence electrons. The summed E-state index contributed by atoms with van der Waals surface area (Å²) in [5.74, 6) is -1.55. The molecule has 16 heavy (non-hydrogen) atoms. The molecule has 5 N–H and O–H groups in total. The van der Waals surface area contributed by atoms with E-state index in [2.05, 4.69) is 5.32 Å². The molecule has 0 saturated carbocycles. The second-order valence-electron chi connectivity index (χ2n) is 3.99. The van der Waals surface area contributed by atoms with E-state index in [0.29, 0.717) is 6.42 Å². The second kappa shape index (κ2) is 6.44. The maximum absolute atomic E-state index is 11.8. The summed E-state index contributed by atoms with van der Waals surface area (Å²) in [7, 11) is 0. The number of carbonyl (C=O) groups excluding carboxylic acids is 1. The van der Waals surface area contributed by atoms with E-state index >= 15 is 0 Å². The van der Waals surface area contributed by atoms with Gasteiger partial charge in [-0.3, -0.25) is 4.79 Å². The normalized spacial score (nSPS) is 16.2. The van der Waals surface area contributed by atoms with Crippen molar-refractivity contribution in [2.45, 2.75) is 32.7 Å². The van der Waals surface area contributed by atoms with Crippen LogP contribution in [0.5, 0.6) is 0 Å². The van der Waals surface area contributed by atoms with Crippen LogP contribution in [0.4, 0.5) is 0 Å². The van der Waals surface area contributed by atoms with Gasteiger partial charge in [0.25, 0.3) is 0 Å². The molecule has 0 radical (unpaired) electrons. The Kier molecular flexibility index (Phi) is 5.98. The van der Waals surface area contributed by atoms with Gasteiger partial charge in [0.15, 0.2) is 0 Å². The third-order valence-electron chi connectivity index (χ3n) is 2.80. The summed E-state index contributed by atoms with van der Waals surface area (Å²) in [6.07, 6.45) is 0.520. The molecule has 0 aromatic heterocycles. The fourth-order valence-corrected chi connectivity index (χ4v) is 1.12. The van der Waals surface area contributed by atoms with E-state index in [1.165, 1.54) is 0 Å². The highest BCUT2D eigenvalue weighted by Gasteiger charge is 2.32. The monoisotopic (exact) mass is 232 g/mol. The van der Waals surface area contributed by atoms with Crippen molar-refractivity contribution in [1.29, 1.82) is 0 Å². The highest BCUT2D eigenvalue weighted by molar-refractivity contribution is 5.87. The number of nitrogens with two attached hydrogens (primary N) is 1. The van der Waals surface area contributed by atoms with E-state index < -0.39 is 23.3 Å². The first-order valence-electron chi connectivity index (χ1n) is 5.26. The van der Waals surface area contributed by atoms with Crippen LogP contribution in [-0.2, 0) is 9.59 Å². The molecular formula is C10H20N2O4. The highest BCUT2D eigenvalue weighted by Crippen LogP contribution is 2.19. The summed E-state index contributed by atoms with van der Waals surface area (Å²) in [6.45, 7) is 3.36. The van der Waals surface area contributed by atoms with Crippen LogP contribution in [0.3, 0.4) is 0 Å². The van der Waals surface area contributed by atoms with E-state index in [-0.39, 0.29) is 19.6 Å². The van der Waals surface area contributed by atoms with Crippen molar-refractivity contribution in [2.75, 3.05) is 13.2 Å². The number of carboxylic acid groups (broad SMARTS) is 1. The predicted molar refractivity (Wildman–Crippen MR) is 58.7 cm³/mol. The molecule has 6 heteroatoms. The van der Waals surface area contributed by atoms with Gasteiger partial charge in [-0.2, -0.15) is 0 Å². The number of rotatable bonds is 7. The first-order valence-corrected chi connectivity index (χ1v) is 5.26. The summed E-state index contributed by atoms with van der Waals surface area (Å²) in [4.78, 5) is 22.6. The summed E-state index contributed by atoms with van der Waals surface area (Å²) in [5, 5.41) is 19.9. The maximum Gasteiger partial charge on any atom is 0.326 e. The van der Waals surface area contributed by atoms with Gasteiger partial charge < -0.3 is 21.3 Å². The van der Waals surface area contributed by atoms with Gasteiger partial charge in [0.05, 0.1) is 5.41 Å². The van der Waals surface area contributed by atoms with Gasteiger partial charge in [-0.15, -0.1) is 0 Å². The van der Waals surface area contributed by atoms with Gasteiger partial charge in [-0.1, -0.05) is 6.92 Å². The van der Waals surface area contributed by atoms with E-state index in [9.17, 15) is 9.59 Å². The minimum atomic E-state index is -1.15. The number of carbonyl (C=O) groups is 2. The van der Waals surface area contributed by atoms with Crippen molar-refractivity contribution < 1.29 is 19.8 Å². The SMILES string of the molecule is CCC(C)(CN)C(=O)N[C@@H](CCO)C(=O)O. The lowest BCUT2D eigenvalue weighted by atomic mass is 9.86. The maximum atomic E-state index is 11.8. The number of nitrogens with one attached hydrogen (secondary N) is 1. The lowest BCUT2D eigenvalue weighted by molar-refractivity contribution is -0.144. The predicted octanol–water partition coefficient (Wildman–Crippen LogP) is -0.687. The lowest BCUT2D eigenvalue weighted by Gasteiger charge is -2.26. The summed E-state index contributed by atoms with van der Waals surface area (Å²) in [5.41, 5.74) is 4.73.